The van der Waals surface area contributed by atoms with Crippen molar-refractivity contribution in [3.63, 3.8) is 0 Å². The molecule has 0 saturated heterocycles. The van der Waals surface area contributed by atoms with Crippen molar-refractivity contribution in [2.24, 2.45) is 0 Å². The van der Waals surface area contributed by atoms with Crippen LogP contribution in [-0.4, -0.2) is 0 Å². The summed E-state index contributed by atoms with van der Waals surface area (Å²) in [7, 11) is 0. The molecule has 0 spiro atoms. The Morgan fingerprint density at radius 3 is 1.48 bits per heavy atom. The molecule has 0 N–H and O–H groups in total. The highest BCUT2D eigenvalue weighted by molar-refractivity contribution is 5.89. The van der Waals surface area contributed by atoms with Crippen LogP contribution in [0.1, 0.15) is 0 Å². The van der Waals surface area contributed by atoms with E-state index in [2.05, 4.69) is 199 Å². The van der Waals surface area contributed by atoms with Gasteiger partial charge < -0.3 is 9.32 Å². The first kappa shape index (κ1) is 31.1. The second-order valence-electron chi connectivity index (χ2n) is 13.0. The van der Waals surface area contributed by atoms with Crippen molar-refractivity contribution in [3.8, 4) is 55.8 Å². The molecule has 8 aromatic carbocycles. The Hall–Kier alpha value is -6.90. The predicted octanol–water partition coefficient (Wildman–Crippen LogP) is 14.2. The molecule has 0 aliphatic carbocycles. The summed E-state index contributed by atoms with van der Waals surface area (Å²) in [6.45, 7) is 0. The standard InChI is InChI=1S/C50H35NO/c1-3-12-36(13-4-1)37-26-28-41(29-27-37)47-19-8-9-20-48(47)51(45-17-5-2-6-18-45)46-32-30-39(31-33-46)38-22-24-40(25-23-38)42-15-11-16-43(34-42)50-35-44-14-7-10-21-49(44)52-50/h1-35H. The Bertz CT molecular complexity index is 2550. The van der Waals surface area contributed by atoms with E-state index in [0.29, 0.717) is 0 Å². The second kappa shape index (κ2) is 13.8. The minimum Gasteiger partial charge on any atom is -0.456 e. The zero-order valence-corrected chi connectivity index (χ0v) is 28.6. The van der Waals surface area contributed by atoms with Crippen LogP contribution in [0.3, 0.4) is 0 Å². The third-order valence-electron chi connectivity index (χ3n) is 9.71. The maximum atomic E-state index is 6.15. The lowest BCUT2D eigenvalue weighted by molar-refractivity contribution is 0.631. The number of furan rings is 1. The zero-order chi connectivity index (χ0) is 34.7. The lowest BCUT2D eigenvalue weighted by Crippen LogP contribution is -2.11. The van der Waals surface area contributed by atoms with E-state index in [4.69, 9.17) is 4.42 Å². The van der Waals surface area contributed by atoms with Crippen molar-refractivity contribution >= 4 is 28.0 Å². The first-order chi connectivity index (χ1) is 25.8. The van der Waals surface area contributed by atoms with Gasteiger partial charge in [0.15, 0.2) is 0 Å². The summed E-state index contributed by atoms with van der Waals surface area (Å²) < 4.78 is 6.15. The molecule has 1 aromatic heterocycles. The minimum atomic E-state index is 0.882. The predicted molar refractivity (Wildman–Crippen MR) is 218 cm³/mol. The summed E-state index contributed by atoms with van der Waals surface area (Å²) in [6.07, 6.45) is 0. The molecule has 52 heavy (non-hydrogen) atoms. The highest BCUT2D eigenvalue weighted by Gasteiger charge is 2.17. The summed E-state index contributed by atoms with van der Waals surface area (Å²) >= 11 is 0. The molecule has 246 valence electrons. The SMILES string of the molecule is c1ccc(-c2ccc(-c3ccccc3N(c3ccccc3)c3ccc(-c4ccc(-c5cccc(-c6cc7ccccc7o6)c5)cc4)cc3)cc2)cc1. The summed E-state index contributed by atoms with van der Waals surface area (Å²) in [6, 6.07) is 75.2. The van der Waals surface area contributed by atoms with Crippen molar-refractivity contribution in [3.05, 3.63) is 212 Å². The van der Waals surface area contributed by atoms with E-state index < -0.39 is 0 Å². The van der Waals surface area contributed by atoms with E-state index in [1.807, 2.05) is 18.2 Å². The van der Waals surface area contributed by atoms with Gasteiger partial charge in [-0.2, -0.15) is 0 Å². The Balaban J connectivity index is 1.01. The first-order valence-electron chi connectivity index (χ1n) is 17.7. The Morgan fingerprint density at radius 1 is 0.308 bits per heavy atom. The molecule has 9 rings (SSSR count). The van der Waals surface area contributed by atoms with E-state index in [-0.39, 0.29) is 0 Å². The van der Waals surface area contributed by atoms with Crippen molar-refractivity contribution in [1.29, 1.82) is 0 Å². The van der Waals surface area contributed by atoms with Gasteiger partial charge in [-0.25, -0.2) is 0 Å². The Kier molecular flexibility index (Phi) is 8.24. The van der Waals surface area contributed by atoms with Crippen LogP contribution in [0.4, 0.5) is 17.1 Å². The lowest BCUT2D eigenvalue weighted by Gasteiger charge is -2.28. The number of fused-ring (bicyclic) bond motifs is 1. The summed E-state index contributed by atoms with van der Waals surface area (Å²) in [4.78, 5) is 2.35. The van der Waals surface area contributed by atoms with Gasteiger partial charge in [0.25, 0.3) is 0 Å². The number of hydrogen-bond acceptors (Lipinski definition) is 2. The van der Waals surface area contributed by atoms with Crippen molar-refractivity contribution in [2.45, 2.75) is 0 Å². The van der Waals surface area contributed by atoms with Gasteiger partial charge in [0.05, 0.1) is 5.69 Å². The van der Waals surface area contributed by atoms with Gasteiger partial charge in [-0.05, 0) is 87.5 Å². The van der Waals surface area contributed by atoms with Gasteiger partial charge in [-0.1, -0.05) is 164 Å². The molecule has 2 heteroatoms. The van der Waals surface area contributed by atoms with Crippen molar-refractivity contribution < 1.29 is 4.42 Å². The van der Waals surface area contributed by atoms with E-state index in [0.717, 1.165) is 44.9 Å². The third kappa shape index (κ3) is 6.19. The maximum absolute atomic E-state index is 6.15. The largest absolute Gasteiger partial charge is 0.456 e. The van der Waals surface area contributed by atoms with Crippen LogP contribution in [0, 0.1) is 0 Å². The maximum Gasteiger partial charge on any atom is 0.135 e. The quantitative estimate of drug-likeness (QED) is 0.161. The van der Waals surface area contributed by atoms with Crippen molar-refractivity contribution in [2.75, 3.05) is 4.90 Å². The summed E-state index contributed by atoms with van der Waals surface area (Å²) in [5.41, 5.74) is 14.8. The number of anilines is 3. The smallest absolute Gasteiger partial charge is 0.135 e. The van der Waals surface area contributed by atoms with Crippen LogP contribution >= 0.6 is 0 Å². The number of benzene rings is 8. The minimum absolute atomic E-state index is 0.882. The molecule has 0 fully saturated rings. The Morgan fingerprint density at radius 2 is 0.788 bits per heavy atom. The molecule has 0 bridgehead atoms. The zero-order valence-electron chi connectivity index (χ0n) is 28.6. The van der Waals surface area contributed by atoms with Crippen LogP contribution in [0.5, 0.6) is 0 Å². The molecule has 0 atom stereocenters. The number of rotatable bonds is 8. The van der Waals surface area contributed by atoms with Crippen LogP contribution < -0.4 is 4.90 Å². The van der Waals surface area contributed by atoms with Gasteiger partial charge >= 0.3 is 0 Å². The molecule has 0 aliphatic heterocycles. The topological polar surface area (TPSA) is 16.4 Å². The molecule has 2 nitrogen and oxygen atoms in total. The van der Waals surface area contributed by atoms with Gasteiger partial charge in [0, 0.05) is 27.9 Å². The van der Waals surface area contributed by atoms with E-state index >= 15 is 0 Å². The number of para-hydroxylation sites is 3. The first-order valence-corrected chi connectivity index (χ1v) is 17.7. The van der Waals surface area contributed by atoms with Gasteiger partial charge in [0.1, 0.15) is 11.3 Å². The van der Waals surface area contributed by atoms with Gasteiger partial charge in [-0.3, -0.25) is 0 Å². The van der Waals surface area contributed by atoms with Gasteiger partial charge in [-0.15, -0.1) is 0 Å². The summed E-state index contributed by atoms with van der Waals surface area (Å²) in [5, 5.41) is 1.11. The van der Waals surface area contributed by atoms with Crippen LogP contribution in [0.25, 0.3) is 66.8 Å². The van der Waals surface area contributed by atoms with Gasteiger partial charge in [0.2, 0.25) is 0 Å². The Labute approximate surface area is 304 Å². The summed E-state index contributed by atoms with van der Waals surface area (Å²) in [5.74, 6) is 0.882. The average Bonchev–Trinajstić information content (AvgIpc) is 3.67. The fourth-order valence-corrected chi connectivity index (χ4v) is 7.02. The molecule has 9 aromatic rings. The van der Waals surface area contributed by atoms with E-state index in [1.165, 1.54) is 38.9 Å². The average molecular weight is 666 g/mol. The molecule has 0 unspecified atom stereocenters. The van der Waals surface area contributed by atoms with Crippen LogP contribution in [0.2, 0.25) is 0 Å². The fraction of sp³-hybridized carbons (Fsp3) is 0. The van der Waals surface area contributed by atoms with Crippen LogP contribution in [0.15, 0.2) is 217 Å². The normalized spacial score (nSPS) is 11.1. The molecular weight excluding hydrogens is 631 g/mol. The fourth-order valence-electron chi connectivity index (χ4n) is 7.02. The lowest BCUT2D eigenvalue weighted by atomic mass is 9.97. The molecule has 0 radical (unpaired) electrons. The highest BCUT2D eigenvalue weighted by Crippen LogP contribution is 2.41. The molecule has 0 amide bonds. The van der Waals surface area contributed by atoms with Crippen molar-refractivity contribution in [1.82, 2.24) is 0 Å². The second-order valence-corrected chi connectivity index (χ2v) is 13.0. The molecule has 0 saturated carbocycles. The number of nitrogens with zero attached hydrogens (tertiary/aromatic N) is 1. The third-order valence-corrected chi connectivity index (χ3v) is 9.71. The molecule has 1 heterocycles. The molecule has 0 aliphatic rings. The van der Waals surface area contributed by atoms with E-state index in [9.17, 15) is 0 Å². The monoisotopic (exact) mass is 665 g/mol. The molecular formula is C50H35NO. The number of hydrogen-bond donors (Lipinski definition) is 0. The van der Waals surface area contributed by atoms with Crippen LogP contribution in [-0.2, 0) is 0 Å². The van der Waals surface area contributed by atoms with E-state index in [1.54, 1.807) is 0 Å². The highest BCUT2D eigenvalue weighted by atomic mass is 16.3.